The Morgan fingerprint density at radius 1 is 1.55 bits per heavy atom. The van der Waals surface area contributed by atoms with Gasteiger partial charge in [0.25, 0.3) is 0 Å². The van der Waals surface area contributed by atoms with Crippen molar-refractivity contribution in [1.82, 2.24) is 9.88 Å². The number of nitrogens with zero attached hydrogens (tertiary/aromatic N) is 1. The lowest BCUT2D eigenvalue weighted by Gasteiger charge is -2.32. The molecule has 0 saturated carbocycles. The van der Waals surface area contributed by atoms with Crippen LogP contribution in [-0.4, -0.2) is 35.5 Å². The molecule has 4 heteroatoms. The highest BCUT2D eigenvalue weighted by Crippen LogP contribution is 2.30. The molecule has 1 aromatic carbocycles. The Kier molecular flexibility index (Phi) is 3.21. The Morgan fingerprint density at radius 3 is 3.10 bits per heavy atom. The van der Waals surface area contributed by atoms with E-state index in [4.69, 9.17) is 11.2 Å². The maximum atomic E-state index is 12.0. The summed E-state index contributed by atoms with van der Waals surface area (Å²) in [6, 6.07) is 7.84. The fourth-order valence-corrected chi connectivity index (χ4v) is 2.91. The number of fused-ring (bicyclic) bond motifs is 3. The van der Waals surface area contributed by atoms with Crippen LogP contribution in [-0.2, 0) is 22.5 Å². The molecule has 0 saturated heterocycles. The summed E-state index contributed by atoms with van der Waals surface area (Å²) < 4.78 is 4.91. The van der Waals surface area contributed by atoms with Crippen LogP contribution in [0.1, 0.15) is 11.3 Å². The van der Waals surface area contributed by atoms with E-state index < -0.39 is 0 Å². The van der Waals surface area contributed by atoms with Crippen LogP contribution in [0, 0.1) is 12.3 Å². The van der Waals surface area contributed by atoms with Gasteiger partial charge in [0.05, 0.1) is 13.7 Å². The summed E-state index contributed by atoms with van der Waals surface area (Å²) in [6.07, 6.45) is 6.04. The Labute approximate surface area is 117 Å². The van der Waals surface area contributed by atoms with Crippen molar-refractivity contribution in [3.05, 3.63) is 35.5 Å². The van der Waals surface area contributed by atoms with E-state index >= 15 is 0 Å². The first kappa shape index (κ1) is 12.8. The third-order valence-corrected chi connectivity index (χ3v) is 3.87. The molecule has 0 unspecified atom stereocenters. The zero-order chi connectivity index (χ0) is 14.1. The Bertz CT molecular complexity index is 696. The van der Waals surface area contributed by atoms with Crippen molar-refractivity contribution in [3.63, 3.8) is 0 Å². The fraction of sp³-hybridized carbons (Fsp3) is 0.312. The van der Waals surface area contributed by atoms with E-state index in [1.807, 2.05) is 23.1 Å². The molecule has 1 atom stereocenters. The Morgan fingerprint density at radius 2 is 2.35 bits per heavy atom. The molecular formula is C16H16N2O2. The number of rotatable bonds is 2. The predicted octanol–water partition coefficient (Wildman–Crippen LogP) is 1.70. The number of aromatic amines is 1. The molecule has 1 aromatic heterocycles. The van der Waals surface area contributed by atoms with E-state index in [2.05, 4.69) is 17.0 Å². The van der Waals surface area contributed by atoms with Crippen LogP contribution >= 0.6 is 0 Å². The summed E-state index contributed by atoms with van der Waals surface area (Å²) in [4.78, 5) is 17.4. The van der Waals surface area contributed by atoms with Crippen LogP contribution in [0.5, 0.6) is 0 Å². The second-order valence-electron chi connectivity index (χ2n) is 4.98. The van der Waals surface area contributed by atoms with E-state index in [0.29, 0.717) is 19.5 Å². The zero-order valence-electron chi connectivity index (χ0n) is 11.3. The maximum Gasteiger partial charge on any atom is 0.323 e. The first-order valence-corrected chi connectivity index (χ1v) is 6.58. The van der Waals surface area contributed by atoms with Gasteiger partial charge in [-0.1, -0.05) is 24.1 Å². The average Bonchev–Trinajstić information content (AvgIpc) is 2.83. The maximum absolute atomic E-state index is 12.0. The van der Waals surface area contributed by atoms with E-state index in [1.165, 1.54) is 18.1 Å². The molecule has 1 aliphatic heterocycles. The number of benzene rings is 1. The van der Waals surface area contributed by atoms with Gasteiger partial charge in [-0.2, -0.15) is 0 Å². The number of nitrogens with one attached hydrogen (secondary N) is 1. The van der Waals surface area contributed by atoms with Crippen LogP contribution in [0.4, 0.5) is 0 Å². The molecule has 0 spiro atoms. The standard InChI is InChI=1S/C16H16N2O2/c1-3-8-18-10-14-12(9-15(18)16(19)20-2)11-6-4-5-7-13(11)17-14/h1,4-7,15,17H,8-10H2,2H3/t15-/m0/s1. The van der Waals surface area contributed by atoms with Gasteiger partial charge in [0.2, 0.25) is 0 Å². The lowest BCUT2D eigenvalue weighted by molar-refractivity contribution is -0.147. The van der Waals surface area contributed by atoms with Crippen molar-refractivity contribution in [1.29, 1.82) is 0 Å². The normalized spacial score (nSPS) is 18.5. The number of hydrogen-bond acceptors (Lipinski definition) is 3. The van der Waals surface area contributed by atoms with Crippen molar-refractivity contribution in [3.8, 4) is 12.3 Å². The third-order valence-electron chi connectivity index (χ3n) is 3.87. The number of carbonyl (C=O) groups excluding carboxylic acids is 1. The molecule has 4 nitrogen and oxygen atoms in total. The average molecular weight is 268 g/mol. The van der Waals surface area contributed by atoms with E-state index in [0.717, 1.165) is 11.2 Å². The summed E-state index contributed by atoms with van der Waals surface area (Å²) in [5, 5.41) is 1.18. The second kappa shape index (κ2) is 5.03. The molecule has 1 N–H and O–H groups in total. The van der Waals surface area contributed by atoms with Gasteiger partial charge in [-0.3, -0.25) is 9.69 Å². The molecule has 1 aliphatic rings. The molecule has 20 heavy (non-hydrogen) atoms. The number of terminal acetylenes is 1. The molecule has 2 aromatic rings. The van der Waals surface area contributed by atoms with Gasteiger partial charge >= 0.3 is 5.97 Å². The largest absolute Gasteiger partial charge is 0.468 e. The number of carbonyl (C=O) groups is 1. The molecule has 0 radical (unpaired) electrons. The highest BCUT2D eigenvalue weighted by atomic mass is 16.5. The van der Waals surface area contributed by atoms with E-state index in [-0.39, 0.29) is 12.0 Å². The number of esters is 1. The van der Waals surface area contributed by atoms with Gasteiger partial charge < -0.3 is 9.72 Å². The molecular weight excluding hydrogens is 252 g/mol. The molecule has 0 amide bonds. The van der Waals surface area contributed by atoms with Crippen molar-refractivity contribution < 1.29 is 9.53 Å². The molecule has 0 aliphatic carbocycles. The first-order chi connectivity index (χ1) is 9.74. The zero-order valence-corrected chi connectivity index (χ0v) is 11.3. The number of H-pyrrole nitrogens is 1. The quantitative estimate of drug-likeness (QED) is 0.666. The topological polar surface area (TPSA) is 45.3 Å². The number of para-hydroxylation sites is 1. The summed E-state index contributed by atoms with van der Waals surface area (Å²) in [6.45, 7) is 1.09. The molecule has 2 heterocycles. The Hall–Kier alpha value is -2.25. The summed E-state index contributed by atoms with van der Waals surface area (Å²) in [7, 11) is 1.42. The van der Waals surface area contributed by atoms with Crippen molar-refractivity contribution in [2.75, 3.05) is 13.7 Å². The summed E-state index contributed by atoms with van der Waals surface area (Å²) in [5.74, 6) is 2.39. The highest BCUT2D eigenvalue weighted by Gasteiger charge is 2.33. The van der Waals surface area contributed by atoms with Gasteiger partial charge in [-0.25, -0.2) is 0 Å². The lowest BCUT2D eigenvalue weighted by atomic mass is 9.96. The summed E-state index contributed by atoms with van der Waals surface area (Å²) in [5.41, 5.74) is 3.44. The van der Waals surface area contributed by atoms with Gasteiger partial charge in [0.15, 0.2) is 0 Å². The third kappa shape index (κ3) is 1.97. The number of aromatic nitrogens is 1. The fourth-order valence-electron chi connectivity index (χ4n) is 2.91. The monoisotopic (exact) mass is 268 g/mol. The number of hydrogen-bond donors (Lipinski definition) is 1. The molecule has 0 bridgehead atoms. The molecule has 102 valence electrons. The minimum Gasteiger partial charge on any atom is -0.468 e. The highest BCUT2D eigenvalue weighted by molar-refractivity contribution is 5.86. The Balaban J connectivity index is 2.05. The first-order valence-electron chi connectivity index (χ1n) is 6.58. The van der Waals surface area contributed by atoms with Gasteiger partial charge in [0.1, 0.15) is 6.04 Å². The van der Waals surface area contributed by atoms with E-state index in [9.17, 15) is 4.79 Å². The number of ether oxygens (including phenoxy) is 1. The van der Waals surface area contributed by atoms with Crippen molar-refractivity contribution >= 4 is 16.9 Å². The van der Waals surface area contributed by atoms with Gasteiger partial charge in [0, 0.05) is 29.6 Å². The SMILES string of the molecule is C#CCN1Cc2[nH]c3ccccc3c2C[C@H]1C(=O)OC. The van der Waals surface area contributed by atoms with Crippen molar-refractivity contribution in [2.45, 2.75) is 19.0 Å². The lowest BCUT2D eigenvalue weighted by Crippen LogP contribution is -2.46. The minimum atomic E-state index is -0.303. The van der Waals surface area contributed by atoms with Crippen LogP contribution < -0.4 is 0 Å². The van der Waals surface area contributed by atoms with Crippen LogP contribution in [0.15, 0.2) is 24.3 Å². The predicted molar refractivity (Wildman–Crippen MR) is 77.0 cm³/mol. The smallest absolute Gasteiger partial charge is 0.323 e. The van der Waals surface area contributed by atoms with Crippen LogP contribution in [0.25, 0.3) is 10.9 Å². The van der Waals surface area contributed by atoms with Gasteiger partial charge in [-0.05, 0) is 11.6 Å². The van der Waals surface area contributed by atoms with Crippen molar-refractivity contribution in [2.24, 2.45) is 0 Å². The van der Waals surface area contributed by atoms with E-state index in [1.54, 1.807) is 0 Å². The second-order valence-corrected chi connectivity index (χ2v) is 4.98. The molecule has 3 rings (SSSR count). The number of methoxy groups -OCH3 is 1. The van der Waals surface area contributed by atoms with Crippen LogP contribution in [0.2, 0.25) is 0 Å². The molecule has 0 fully saturated rings. The minimum absolute atomic E-state index is 0.226. The summed E-state index contributed by atoms with van der Waals surface area (Å²) >= 11 is 0. The van der Waals surface area contributed by atoms with Crippen LogP contribution in [0.3, 0.4) is 0 Å². The van der Waals surface area contributed by atoms with Gasteiger partial charge in [-0.15, -0.1) is 6.42 Å².